The molecule has 9 heteroatoms. The highest BCUT2D eigenvalue weighted by atomic mass is 16.3. The molecule has 2 aliphatic rings. The van der Waals surface area contributed by atoms with E-state index in [2.05, 4.69) is 20.6 Å². The van der Waals surface area contributed by atoms with Crippen molar-refractivity contribution in [3.05, 3.63) is 51.6 Å². The number of anilines is 2. The van der Waals surface area contributed by atoms with Gasteiger partial charge in [0, 0.05) is 29.4 Å². The van der Waals surface area contributed by atoms with E-state index in [0.717, 1.165) is 44.3 Å². The van der Waals surface area contributed by atoms with Crippen molar-refractivity contribution in [2.45, 2.75) is 77.9 Å². The number of carbonyl (C=O) groups excluding carboxylic acids is 1. The first-order chi connectivity index (χ1) is 17.4. The smallest absolute Gasteiger partial charge is 0.263 e. The summed E-state index contributed by atoms with van der Waals surface area (Å²) in [7, 11) is 0. The fraction of sp³-hybridized carbons (Fsp3) is 0.519. The monoisotopic (exact) mass is 492 g/mol. The molecule has 0 unspecified atom stereocenters. The molecule has 0 spiro atoms. The summed E-state index contributed by atoms with van der Waals surface area (Å²) >= 11 is 0. The second-order valence-corrected chi connectivity index (χ2v) is 9.44. The normalized spacial score (nSPS) is 17.5. The van der Waals surface area contributed by atoms with Gasteiger partial charge in [-0.1, -0.05) is 32.8 Å². The van der Waals surface area contributed by atoms with Crippen LogP contribution in [0.2, 0.25) is 0 Å². The average molecular weight is 493 g/mol. The zero-order valence-electron chi connectivity index (χ0n) is 21.6. The number of nitrogens with zero attached hydrogens (tertiary/aromatic N) is 4. The van der Waals surface area contributed by atoms with Gasteiger partial charge in [0.15, 0.2) is 5.78 Å². The van der Waals surface area contributed by atoms with Gasteiger partial charge in [0.2, 0.25) is 5.95 Å². The predicted octanol–water partition coefficient (Wildman–Crippen LogP) is 4.15. The third-order valence-electron chi connectivity index (χ3n) is 7.22. The molecule has 1 aliphatic heterocycles. The number of aromatic nitrogens is 4. The number of Topliss-reactive ketones (excluding diaryl/α,β-unsaturated/α-hetero) is 1. The molecule has 9 nitrogen and oxygen atoms in total. The Morgan fingerprint density at radius 3 is 2.44 bits per heavy atom. The van der Waals surface area contributed by atoms with Crippen LogP contribution in [0, 0.1) is 6.92 Å². The van der Waals surface area contributed by atoms with E-state index in [-0.39, 0.29) is 22.9 Å². The molecule has 5 rings (SSSR count). The van der Waals surface area contributed by atoms with Crippen LogP contribution in [0.25, 0.3) is 11.0 Å². The van der Waals surface area contributed by atoms with E-state index in [1.807, 2.05) is 19.9 Å². The van der Waals surface area contributed by atoms with Crippen molar-refractivity contribution >= 4 is 28.6 Å². The topological polar surface area (TPSA) is 122 Å². The number of fused-ring (bicyclic) bond motifs is 1. The number of pyridine rings is 2. The van der Waals surface area contributed by atoms with Crippen LogP contribution in [-0.2, 0) is 5.60 Å². The Morgan fingerprint density at radius 1 is 1.14 bits per heavy atom. The molecule has 1 saturated carbocycles. The van der Waals surface area contributed by atoms with Crippen LogP contribution < -0.4 is 16.2 Å². The lowest BCUT2D eigenvalue weighted by molar-refractivity contribution is 0.00566. The number of aryl methyl sites for hydroxylation is 1. The number of hydrogen-bond acceptors (Lipinski definition) is 8. The molecule has 36 heavy (non-hydrogen) atoms. The number of ketones is 1. The number of nitrogens with one attached hydrogen (secondary N) is 2. The lowest BCUT2D eigenvalue weighted by Crippen LogP contribution is -2.39. The molecule has 3 aromatic heterocycles. The lowest BCUT2D eigenvalue weighted by Gasteiger charge is -2.32. The molecule has 0 amide bonds. The van der Waals surface area contributed by atoms with Crippen LogP contribution in [0.5, 0.6) is 0 Å². The van der Waals surface area contributed by atoms with Gasteiger partial charge in [-0.3, -0.25) is 14.2 Å². The molecule has 1 saturated heterocycles. The molecule has 0 aromatic carbocycles. The van der Waals surface area contributed by atoms with Crippen LogP contribution >= 0.6 is 0 Å². The Morgan fingerprint density at radius 2 is 1.83 bits per heavy atom. The maximum absolute atomic E-state index is 13.3. The molecule has 2 fully saturated rings. The minimum absolute atomic E-state index is 0.0274. The van der Waals surface area contributed by atoms with E-state index < -0.39 is 5.60 Å². The van der Waals surface area contributed by atoms with Crippen molar-refractivity contribution in [3.8, 4) is 0 Å². The second kappa shape index (κ2) is 10.8. The summed E-state index contributed by atoms with van der Waals surface area (Å²) in [5.41, 5.74) is 1.04. The fourth-order valence-electron chi connectivity index (χ4n) is 5.30. The molecule has 0 atom stereocenters. The Balaban J connectivity index is 0.00000148. The van der Waals surface area contributed by atoms with E-state index in [4.69, 9.17) is 4.98 Å². The van der Waals surface area contributed by atoms with Crippen LogP contribution in [0.15, 0.2) is 29.3 Å². The lowest BCUT2D eigenvalue weighted by atomic mass is 9.86. The first-order valence-electron chi connectivity index (χ1n) is 13.0. The van der Waals surface area contributed by atoms with Crippen LogP contribution in [0.3, 0.4) is 0 Å². The maximum Gasteiger partial charge on any atom is 0.263 e. The molecule has 4 heterocycles. The highest BCUT2D eigenvalue weighted by Gasteiger charge is 2.31. The Labute approximate surface area is 211 Å². The van der Waals surface area contributed by atoms with Crippen LogP contribution in [-0.4, -0.2) is 43.5 Å². The number of piperidine rings is 1. The van der Waals surface area contributed by atoms with E-state index >= 15 is 0 Å². The van der Waals surface area contributed by atoms with Crippen molar-refractivity contribution in [1.29, 1.82) is 0 Å². The standard InChI is InChI=1S/C25H30N6O3.C2H6/c1-15-19-14-28-24(29-20-8-7-17(13-27-20)25(34)9-11-26-12-10-25)30-22(19)31(18-5-3-4-6-18)23(33)21(15)16(2)32;1-2/h7-8,13-14,18,26,34H,3-6,9-12H2,1-2H3,(H,27,28,29,30);1-2H3. The first kappa shape index (κ1) is 25.9. The van der Waals surface area contributed by atoms with Crippen molar-refractivity contribution in [1.82, 2.24) is 24.8 Å². The van der Waals surface area contributed by atoms with E-state index in [1.165, 1.54) is 6.92 Å². The van der Waals surface area contributed by atoms with Crippen molar-refractivity contribution in [2.75, 3.05) is 18.4 Å². The summed E-state index contributed by atoms with van der Waals surface area (Å²) in [6, 6.07) is 3.70. The van der Waals surface area contributed by atoms with Gasteiger partial charge in [-0.2, -0.15) is 4.98 Å². The minimum Gasteiger partial charge on any atom is -0.385 e. The summed E-state index contributed by atoms with van der Waals surface area (Å²) in [5.74, 6) is 0.639. The number of carbonyl (C=O) groups is 1. The highest BCUT2D eigenvalue weighted by Crippen LogP contribution is 2.33. The highest BCUT2D eigenvalue weighted by molar-refractivity contribution is 5.99. The molecule has 192 valence electrons. The van der Waals surface area contributed by atoms with Gasteiger partial charge >= 0.3 is 0 Å². The fourth-order valence-corrected chi connectivity index (χ4v) is 5.30. The molecule has 0 bridgehead atoms. The molecule has 3 aromatic rings. The van der Waals surface area contributed by atoms with Crippen LogP contribution in [0.4, 0.5) is 11.8 Å². The van der Waals surface area contributed by atoms with Gasteiger partial charge in [-0.25, -0.2) is 9.97 Å². The molecule has 0 radical (unpaired) electrons. The zero-order chi connectivity index (χ0) is 25.9. The van der Waals surface area contributed by atoms with Gasteiger partial charge in [0.1, 0.15) is 11.5 Å². The second-order valence-electron chi connectivity index (χ2n) is 9.44. The quantitative estimate of drug-likeness (QED) is 0.454. The molecule has 3 N–H and O–H groups in total. The van der Waals surface area contributed by atoms with Crippen molar-refractivity contribution in [2.24, 2.45) is 0 Å². The Kier molecular flexibility index (Phi) is 7.80. The molecule has 1 aliphatic carbocycles. The van der Waals surface area contributed by atoms with Gasteiger partial charge in [0.25, 0.3) is 5.56 Å². The zero-order valence-corrected chi connectivity index (χ0v) is 21.6. The average Bonchev–Trinajstić information content (AvgIpc) is 3.40. The summed E-state index contributed by atoms with van der Waals surface area (Å²) in [4.78, 5) is 39.2. The summed E-state index contributed by atoms with van der Waals surface area (Å²) in [6.07, 6.45) is 8.54. The van der Waals surface area contributed by atoms with Crippen molar-refractivity contribution < 1.29 is 9.90 Å². The van der Waals surface area contributed by atoms with Gasteiger partial charge in [-0.05, 0) is 64.3 Å². The number of hydrogen-bond donors (Lipinski definition) is 3. The van der Waals surface area contributed by atoms with Crippen LogP contribution in [0.1, 0.15) is 86.8 Å². The van der Waals surface area contributed by atoms with E-state index in [0.29, 0.717) is 41.2 Å². The molecular weight excluding hydrogens is 456 g/mol. The third-order valence-corrected chi connectivity index (χ3v) is 7.22. The van der Waals surface area contributed by atoms with E-state index in [9.17, 15) is 14.7 Å². The summed E-state index contributed by atoms with van der Waals surface area (Å²) < 4.78 is 1.70. The van der Waals surface area contributed by atoms with Gasteiger partial charge < -0.3 is 15.7 Å². The Hall–Kier alpha value is -3.17. The van der Waals surface area contributed by atoms with Gasteiger partial charge in [-0.15, -0.1) is 0 Å². The number of aliphatic hydroxyl groups is 1. The largest absolute Gasteiger partial charge is 0.385 e. The molecular formula is C27H36N6O3. The van der Waals surface area contributed by atoms with Crippen molar-refractivity contribution in [3.63, 3.8) is 0 Å². The summed E-state index contributed by atoms with van der Waals surface area (Å²) in [6.45, 7) is 8.76. The Bertz CT molecular complexity index is 1290. The van der Waals surface area contributed by atoms with Gasteiger partial charge in [0.05, 0.1) is 11.2 Å². The maximum atomic E-state index is 13.3. The predicted molar refractivity (Wildman–Crippen MR) is 141 cm³/mol. The first-order valence-corrected chi connectivity index (χ1v) is 13.0. The third kappa shape index (κ3) is 4.90. The number of rotatable bonds is 5. The van der Waals surface area contributed by atoms with E-state index in [1.54, 1.807) is 30.0 Å². The summed E-state index contributed by atoms with van der Waals surface area (Å²) in [5, 5.41) is 18.0. The minimum atomic E-state index is -0.862. The SMILES string of the molecule is CC.CC(=O)c1c(C)c2cnc(Nc3ccc(C4(O)CCNCC4)cn3)nc2n(C2CCCC2)c1=O.